The Hall–Kier alpha value is -1.28. The second-order valence-electron chi connectivity index (χ2n) is 8.33. The molecule has 0 fully saturated rings. The Morgan fingerprint density at radius 3 is 1.15 bits per heavy atom. The normalized spacial score (nSPS) is 10.4. The van der Waals surface area contributed by atoms with Crippen LogP contribution < -0.4 is 0 Å². The summed E-state index contributed by atoms with van der Waals surface area (Å²) in [4.78, 5) is 5.64. The van der Waals surface area contributed by atoms with Gasteiger partial charge in [0, 0.05) is 38.3 Å². The number of hydrogen-bond donors (Lipinski definition) is 0. The third kappa shape index (κ3) is 7.61. The molecule has 0 amide bonds. The molecule has 6 heterocycles. The molecule has 0 aromatic carbocycles. The third-order valence-corrected chi connectivity index (χ3v) is 11.7. The molecule has 34 heavy (non-hydrogen) atoms. The first-order valence-electron chi connectivity index (χ1n) is 11.0. The predicted molar refractivity (Wildman–Crippen MR) is 166 cm³/mol. The molecule has 6 aromatic rings. The summed E-state index contributed by atoms with van der Waals surface area (Å²) in [6.07, 6.45) is 0. The van der Waals surface area contributed by atoms with Crippen LogP contribution in [0.2, 0.25) is 0 Å². The highest BCUT2D eigenvalue weighted by Gasteiger charge is 2.03. The van der Waals surface area contributed by atoms with Crippen LogP contribution in [-0.4, -0.2) is 0 Å². The highest BCUT2D eigenvalue weighted by atomic mass is 32.1. The van der Waals surface area contributed by atoms with Crippen molar-refractivity contribution in [2.24, 2.45) is 0 Å². The Morgan fingerprint density at radius 2 is 0.853 bits per heavy atom. The predicted octanol–water partition coefficient (Wildman–Crippen LogP) is 11.9. The summed E-state index contributed by atoms with van der Waals surface area (Å²) in [7, 11) is 0. The first-order chi connectivity index (χ1) is 16.1. The van der Waals surface area contributed by atoms with Gasteiger partial charge in [-0.15, -0.1) is 56.7 Å². The van der Waals surface area contributed by atoms with Gasteiger partial charge in [-0.05, 0) is 123 Å². The Balaban J connectivity index is 0.000000129. The summed E-state index contributed by atoms with van der Waals surface area (Å²) in [6.45, 7) is 17.2. The summed E-state index contributed by atoms with van der Waals surface area (Å²) in [5.74, 6) is 0. The lowest BCUT2D eigenvalue weighted by atomic mass is 10.2. The van der Waals surface area contributed by atoms with Gasteiger partial charge in [0.1, 0.15) is 0 Å². The maximum Gasteiger partial charge on any atom is 0.0482 e. The molecule has 180 valence electrons. The molecule has 0 unspecified atom stereocenters. The molecule has 6 heteroatoms. The third-order valence-electron chi connectivity index (χ3n) is 5.07. The Bertz CT molecular complexity index is 1310. The van der Waals surface area contributed by atoms with Gasteiger partial charge >= 0.3 is 0 Å². The minimum Gasteiger partial charge on any atom is -0.152 e. The van der Waals surface area contributed by atoms with Crippen LogP contribution in [0, 0.1) is 55.4 Å². The maximum absolute atomic E-state index is 2.26. The standard InChI is InChI=1S/2C8H8S2.2C6H8S/c1-5-3-9-8-6(2)4-10-7(5)8;1-5-3-7-8(9-5)4-6(2)10-7;1-5-3-7-4-6(5)2;1-5-3-4-6(2)7-5/h2*3-4H,1-2H3;2*3-4H,1-2H3. The van der Waals surface area contributed by atoms with Crippen molar-refractivity contribution in [1.82, 2.24) is 0 Å². The van der Waals surface area contributed by atoms with Crippen LogP contribution in [0.1, 0.15) is 41.8 Å². The zero-order chi connectivity index (χ0) is 24.8. The molecule has 6 rings (SSSR count). The molecule has 0 bridgehead atoms. The highest BCUT2D eigenvalue weighted by molar-refractivity contribution is 7.28. The lowest BCUT2D eigenvalue weighted by Crippen LogP contribution is -1.63. The van der Waals surface area contributed by atoms with Gasteiger partial charge in [0.05, 0.1) is 0 Å². The fraction of sp³-hybridized carbons (Fsp3) is 0.286. The zero-order valence-corrected chi connectivity index (χ0v) is 26.0. The van der Waals surface area contributed by atoms with Gasteiger partial charge in [0.15, 0.2) is 0 Å². The fourth-order valence-corrected chi connectivity index (χ4v) is 9.26. The van der Waals surface area contributed by atoms with Crippen LogP contribution in [0.15, 0.2) is 45.8 Å². The van der Waals surface area contributed by atoms with Crippen LogP contribution >= 0.6 is 68.0 Å². The quantitative estimate of drug-likeness (QED) is 0.173. The number of thiophene rings is 6. The van der Waals surface area contributed by atoms with Crippen LogP contribution in [0.3, 0.4) is 0 Å². The molecule has 6 aromatic heterocycles. The van der Waals surface area contributed by atoms with Gasteiger partial charge in [-0.3, -0.25) is 0 Å². The van der Waals surface area contributed by atoms with Crippen LogP contribution in [0.25, 0.3) is 18.8 Å². The van der Waals surface area contributed by atoms with Gasteiger partial charge in [-0.2, -0.15) is 11.3 Å². The molecule has 0 aliphatic carbocycles. The van der Waals surface area contributed by atoms with E-state index in [1.165, 1.54) is 60.6 Å². The molecule has 0 radical (unpaired) electrons. The number of fused-ring (bicyclic) bond motifs is 2. The SMILES string of the molecule is Cc1cc2sc(C)cc2s1.Cc1ccc(C)s1.Cc1csc2c(C)csc12.Cc1cscc1C. The van der Waals surface area contributed by atoms with E-state index in [1.807, 2.05) is 56.7 Å². The van der Waals surface area contributed by atoms with Crippen molar-refractivity contribution in [2.75, 3.05) is 0 Å². The minimum absolute atomic E-state index is 1.40. The van der Waals surface area contributed by atoms with Gasteiger partial charge < -0.3 is 0 Å². The average molecular weight is 561 g/mol. The average Bonchev–Trinajstić information content (AvgIpc) is 3.59. The molecule has 0 nitrogen and oxygen atoms in total. The van der Waals surface area contributed by atoms with Crippen molar-refractivity contribution in [3.8, 4) is 0 Å². The topological polar surface area (TPSA) is 0 Å². The van der Waals surface area contributed by atoms with Gasteiger partial charge in [-0.25, -0.2) is 0 Å². The first-order valence-corrected chi connectivity index (χ1v) is 16.2. The van der Waals surface area contributed by atoms with E-state index in [-0.39, 0.29) is 0 Å². The summed E-state index contributed by atoms with van der Waals surface area (Å²) >= 11 is 11.1. The van der Waals surface area contributed by atoms with E-state index in [2.05, 4.69) is 101 Å². The van der Waals surface area contributed by atoms with Crippen LogP contribution in [0.5, 0.6) is 0 Å². The van der Waals surface area contributed by atoms with E-state index in [1.54, 1.807) is 11.3 Å². The van der Waals surface area contributed by atoms with E-state index < -0.39 is 0 Å². The van der Waals surface area contributed by atoms with Crippen molar-refractivity contribution < 1.29 is 0 Å². The molecule has 0 aliphatic heterocycles. The number of aryl methyl sites for hydroxylation is 8. The Labute approximate surface area is 228 Å². The van der Waals surface area contributed by atoms with E-state index in [0.717, 1.165) is 0 Å². The second-order valence-corrected chi connectivity index (χ2v) is 14.9. The van der Waals surface area contributed by atoms with Gasteiger partial charge in [0.25, 0.3) is 0 Å². The van der Waals surface area contributed by atoms with Crippen molar-refractivity contribution >= 4 is 86.8 Å². The maximum atomic E-state index is 2.26. The van der Waals surface area contributed by atoms with Crippen molar-refractivity contribution in [1.29, 1.82) is 0 Å². The lowest BCUT2D eigenvalue weighted by molar-refractivity contribution is 1.41. The Kier molecular flexibility index (Phi) is 10.1. The number of rotatable bonds is 0. The summed E-state index contributed by atoms with van der Waals surface area (Å²) in [5, 5.41) is 8.78. The van der Waals surface area contributed by atoms with Crippen LogP contribution in [-0.2, 0) is 0 Å². The summed E-state index contributed by atoms with van der Waals surface area (Å²) in [6, 6.07) is 8.80. The van der Waals surface area contributed by atoms with Crippen molar-refractivity contribution in [2.45, 2.75) is 55.4 Å². The van der Waals surface area contributed by atoms with E-state index in [4.69, 9.17) is 0 Å². The van der Waals surface area contributed by atoms with E-state index >= 15 is 0 Å². The van der Waals surface area contributed by atoms with E-state index in [0.29, 0.717) is 0 Å². The molecular formula is C28H32S6. The van der Waals surface area contributed by atoms with E-state index in [9.17, 15) is 0 Å². The molecule has 0 saturated carbocycles. The minimum atomic E-state index is 1.40. The summed E-state index contributed by atoms with van der Waals surface area (Å²) in [5.41, 5.74) is 5.67. The van der Waals surface area contributed by atoms with Crippen LogP contribution in [0.4, 0.5) is 0 Å². The molecule has 0 spiro atoms. The highest BCUT2D eigenvalue weighted by Crippen LogP contribution is 2.33. The van der Waals surface area contributed by atoms with Gasteiger partial charge in [-0.1, -0.05) is 0 Å². The monoisotopic (exact) mass is 560 g/mol. The molecule has 0 aliphatic rings. The molecule has 0 atom stereocenters. The number of hydrogen-bond acceptors (Lipinski definition) is 6. The fourth-order valence-electron chi connectivity index (χ4n) is 3.11. The molecule has 0 N–H and O–H groups in total. The first kappa shape index (κ1) is 27.3. The van der Waals surface area contributed by atoms with Crippen molar-refractivity contribution in [3.05, 3.63) is 87.5 Å². The van der Waals surface area contributed by atoms with Gasteiger partial charge in [0.2, 0.25) is 0 Å². The zero-order valence-electron chi connectivity index (χ0n) is 21.1. The van der Waals surface area contributed by atoms with Crippen molar-refractivity contribution in [3.63, 3.8) is 0 Å². The second kappa shape index (κ2) is 12.6. The largest absolute Gasteiger partial charge is 0.152 e. The Morgan fingerprint density at radius 1 is 0.441 bits per heavy atom. The smallest absolute Gasteiger partial charge is 0.0482 e. The molecule has 0 saturated heterocycles. The lowest BCUT2D eigenvalue weighted by Gasteiger charge is -1.79. The summed E-state index contributed by atoms with van der Waals surface area (Å²) < 4.78 is 5.84. The molecular weight excluding hydrogens is 529 g/mol.